The maximum absolute atomic E-state index is 3.36. The number of hydrogen-bond acceptors (Lipinski definition) is 1. The molecular weight excluding hydrogens is 158 g/mol. The number of rotatable bonds is 3. The van der Waals surface area contributed by atoms with E-state index in [1.54, 1.807) is 6.08 Å². The summed E-state index contributed by atoms with van der Waals surface area (Å²) in [5.41, 5.74) is 1.21. The topological polar surface area (TPSA) is 12.0 Å². The second kappa shape index (κ2) is 8.85. The molecule has 1 rings (SSSR count). The molecule has 13 heavy (non-hydrogen) atoms. The zero-order valence-corrected chi connectivity index (χ0v) is 8.59. The lowest BCUT2D eigenvalue weighted by Crippen LogP contribution is -1.98. The van der Waals surface area contributed by atoms with Gasteiger partial charge in [-0.1, -0.05) is 31.2 Å². The quantitative estimate of drug-likeness (QED) is 0.694. The van der Waals surface area contributed by atoms with Crippen molar-refractivity contribution in [1.29, 1.82) is 0 Å². The molecule has 0 aliphatic heterocycles. The molecule has 1 aromatic carbocycles. The lowest BCUT2D eigenvalue weighted by Gasteiger charge is -2.01. The van der Waals surface area contributed by atoms with Gasteiger partial charge in [0.15, 0.2) is 0 Å². The van der Waals surface area contributed by atoms with Crippen LogP contribution in [0.25, 0.3) is 0 Å². The lowest BCUT2D eigenvalue weighted by atomic mass is 10.3. The number of para-hydroxylation sites is 1. The third-order valence-electron chi connectivity index (χ3n) is 1.35. The summed E-state index contributed by atoms with van der Waals surface area (Å²) in [4.78, 5) is 0. The molecule has 0 unspecified atom stereocenters. The number of hydrogen-bond donors (Lipinski definition) is 1. The van der Waals surface area contributed by atoms with Gasteiger partial charge in [0, 0.05) is 12.2 Å². The largest absolute Gasteiger partial charge is 0.385 e. The standard InChI is InChI=1S/C9H13N.C3H6/c1-2-8-10-9-6-4-3-5-7-9;1-3-2/h3-7,10H,2,8H2,1H3;3H,1H2,2H3. The van der Waals surface area contributed by atoms with E-state index in [-0.39, 0.29) is 0 Å². The van der Waals surface area contributed by atoms with E-state index in [0.717, 1.165) is 6.54 Å². The number of nitrogens with one attached hydrogen (secondary N) is 1. The SMILES string of the molecule is C=CC.CCCNc1ccccc1. The molecule has 0 spiro atoms. The fraction of sp³-hybridized carbons (Fsp3) is 0.333. The second-order valence-corrected chi connectivity index (χ2v) is 2.70. The van der Waals surface area contributed by atoms with E-state index < -0.39 is 0 Å². The van der Waals surface area contributed by atoms with Crippen LogP contribution in [0, 0.1) is 0 Å². The van der Waals surface area contributed by atoms with E-state index in [9.17, 15) is 0 Å². The molecule has 72 valence electrons. The van der Waals surface area contributed by atoms with Crippen molar-refractivity contribution in [2.45, 2.75) is 20.3 Å². The van der Waals surface area contributed by atoms with Crippen LogP contribution in [0.3, 0.4) is 0 Å². The summed E-state index contributed by atoms with van der Waals surface area (Å²) in [6, 6.07) is 10.3. The Kier molecular flexibility index (Phi) is 8.01. The fourth-order valence-corrected chi connectivity index (χ4v) is 0.825. The minimum Gasteiger partial charge on any atom is -0.385 e. The first-order valence-electron chi connectivity index (χ1n) is 4.71. The van der Waals surface area contributed by atoms with Crippen LogP contribution in [0.4, 0.5) is 5.69 Å². The molecule has 0 saturated carbocycles. The molecule has 1 aromatic rings. The molecule has 0 aliphatic rings. The Balaban J connectivity index is 0.000000424. The minimum absolute atomic E-state index is 1.06. The van der Waals surface area contributed by atoms with Crippen molar-refractivity contribution in [3.63, 3.8) is 0 Å². The number of anilines is 1. The smallest absolute Gasteiger partial charge is 0.0340 e. The Morgan fingerprint density at radius 1 is 1.31 bits per heavy atom. The van der Waals surface area contributed by atoms with Crippen molar-refractivity contribution in [1.82, 2.24) is 0 Å². The highest BCUT2D eigenvalue weighted by Crippen LogP contribution is 2.03. The van der Waals surface area contributed by atoms with Crippen LogP contribution < -0.4 is 5.32 Å². The van der Waals surface area contributed by atoms with Gasteiger partial charge in [-0.25, -0.2) is 0 Å². The molecule has 1 heteroatoms. The Morgan fingerprint density at radius 3 is 2.31 bits per heavy atom. The summed E-state index contributed by atoms with van der Waals surface area (Å²) in [6.45, 7) is 8.47. The average Bonchev–Trinajstić information content (AvgIpc) is 2.18. The minimum atomic E-state index is 1.06. The van der Waals surface area contributed by atoms with E-state index in [1.807, 2.05) is 25.1 Å². The molecule has 0 saturated heterocycles. The Labute approximate surface area is 81.5 Å². The van der Waals surface area contributed by atoms with Crippen LogP contribution in [-0.2, 0) is 0 Å². The van der Waals surface area contributed by atoms with Gasteiger partial charge >= 0.3 is 0 Å². The molecule has 0 aromatic heterocycles. The summed E-state index contributed by atoms with van der Waals surface area (Å²) >= 11 is 0. The first-order chi connectivity index (χ1) is 6.35. The summed E-state index contributed by atoms with van der Waals surface area (Å²) in [5.74, 6) is 0. The normalized spacial score (nSPS) is 8.15. The van der Waals surface area contributed by atoms with Gasteiger partial charge in [0.1, 0.15) is 0 Å². The molecular formula is C12H19N. The highest BCUT2D eigenvalue weighted by Gasteiger charge is 1.84. The first-order valence-corrected chi connectivity index (χ1v) is 4.71. The van der Waals surface area contributed by atoms with Crippen LogP contribution in [0.2, 0.25) is 0 Å². The summed E-state index contributed by atoms with van der Waals surface area (Å²) in [5, 5.41) is 3.29. The van der Waals surface area contributed by atoms with E-state index in [2.05, 4.69) is 31.0 Å². The van der Waals surface area contributed by atoms with Gasteiger partial charge in [-0.2, -0.15) is 0 Å². The van der Waals surface area contributed by atoms with Gasteiger partial charge in [-0.05, 0) is 25.5 Å². The summed E-state index contributed by atoms with van der Waals surface area (Å²) < 4.78 is 0. The highest BCUT2D eigenvalue weighted by atomic mass is 14.9. The van der Waals surface area contributed by atoms with Crippen LogP contribution in [0.5, 0.6) is 0 Å². The van der Waals surface area contributed by atoms with Crippen molar-refractivity contribution in [2.75, 3.05) is 11.9 Å². The van der Waals surface area contributed by atoms with Crippen molar-refractivity contribution >= 4 is 5.69 Å². The van der Waals surface area contributed by atoms with E-state index in [4.69, 9.17) is 0 Å². The number of allylic oxidation sites excluding steroid dienone is 1. The molecule has 1 N–H and O–H groups in total. The molecule has 0 aliphatic carbocycles. The Bertz CT molecular complexity index is 204. The van der Waals surface area contributed by atoms with Gasteiger partial charge in [0.25, 0.3) is 0 Å². The molecule has 0 heterocycles. The van der Waals surface area contributed by atoms with E-state index in [1.165, 1.54) is 12.1 Å². The summed E-state index contributed by atoms with van der Waals surface area (Å²) in [6.07, 6.45) is 2.93. The third kappa shape index (κ3) is 7.13. The monoisotopic (exact) mass is 177 g/mol. The zero-order valence-electron chi connectivity index (χ0n) is 8.59. The van der Waals surface area contributed by atoms with Gasteiger partial charge in [-0.3, -0.25) is 0 Å². The zero-order chi connectivity index (χ0) is 9.94. The van der Waals surface area contributed by atoms with Crippen LogP contribution in [0.15, 0.2) is 43.0 Å². The fourth-order valence-electron chi connectivity index (χ4n) is 0.825. The van der Waals surface area contributed by atoms with E-state index >= 15 is 0 Å². The van der Waals surface area contributed by atoms with Gasteiger partial charge < -0.3 is 5.32 Å². The average molecular weight is 177 g/mol. The first kappa shape index (κ1) is 11.8. The van der Waals surface area contributed by atoms with Crippen LogP contribution >= 0.6 is 0 Å². The Hall–Kier alpha value is -1.24. The van der Waals surface area contributed by atoms with Gasteiger partial charge in [-0.15, -0.1) is 6.58 Å². The lowest BCUT2D eigenvalue weighted by molar-refractivity contribution is 0.980. The molecule has 0 bridgehead atoms. The molecule has 0 amide bonds. The highest BCUT2D eigenvalue weighted by molar-refractivity contribution is 5.42. The van der Waals surface area contributed by atoms with Gasteiger partial charge in [0.2, 0.25) is 0 Å². The maximum Gasteiger partial charge on any atom is 0.0340 e. The van der Waals surface area contributed by atoms with Crippen molar-refractivity contribution in [3.8, 4) is 0 Å². The van der Waals surface area contributed by atoms with Crippen molar-refractivity contribution in [2.24, 2.45) is 0 Å². The Morgan fingerprint density at radius 2 is 1.85 bits per heavy atom. The van der Waals surface area contributed by atoms with Crippen molar-refractivity contribution in [3.05, 3.63) is 43.0 Å². The van der Waals surface area contributed by atoms with Crippen molar-refractivity contribution < 1.29 is 0 Å². The van der Waals surface area contributed by atoms with E-state index in [0.29, 0.717) is 0 Å². The molecule has 1 nitrogen and oxygen atoms in total. The number of benzene rings is 1. The predicted molar refractivity (Wildman–Crippen MR) is 61.1 cm³/mol. The maximum atomic E-state index is 3.36. The van der Waals surface area contributed by atoms with Crippen LogP contribution in [-0.4, -0.2) is 6.54 Å². The predicted octanol–water partition coefficient (Wildman–Crippen LogP) is 3.70. The molecule has 0 fully saturated rings. The molecule has 0 radical (unpaired) electrons. The van der Waals surface area contributed by atoms with Gasteiger partial charge in [0.05, 0.1) is 0 Å². The van der Waals surface area contributed by atoms with Crippen LogP contribution in [0.1, 0.15) is 20.3 Å². The molecule has 0 atom stereocenters. The second-order valence-electron chi connectivity index (χ2n) is 2.70. The third-order valence-corrected chi connectivity index (χ3v) is 1.35. The summed E-state index contributed by atoms with van der Waals surface area (Å²) in [7, 11) is 0.